The summed E-state index contributed by atoms with van der Waals surface area (Å²) in [5, 5.41) is 3.75. The Labute approximate surface area is 123 Å². The third-order valence-electron chi connectivity index (χ3n) is 4.78. The molecule has 1 aromatic carbocycles. The van der Waals surface area contributed by atoms with E-state index in [1.807, 2.05) is 12.1 Å². The lowest BCUT2D eigenvalue weighted by atomic mass is 9.77. The summed E-state index contributed by atoms with van der Waals surface area (Å²) in [6, 6.07) is 7.87. The van der Waals surface area contributed by atoms with Crippen molar-refractivity contribution in [2.45, 2.75) is 65.0 Å². The van der Waals surface area contributed by atoms with Crippen molar-refractivity contribution in [2.24, 2.45) is 11.8 Å². The zero-order valence-electron chi connectivity index (χ0n) is 13.0. The maximum absolute atomic E-state index is 14.0. The Balaban J connectivity index is 2.11. The highest BCUT2D eigenvalue weighted by Crippen LogP contribution is 2.32. The van der Waals surface area contributed by atoms with Crippen LogP contribution in [-0.2, 0) is 0 Å². The Bertz CT molecular complexity index is 416. The summed E-state index contributed by atoms with van der Waals surface area (Å²) >= 11 is 0. The molecule has 0 bridgehead atoms. The lowest BCUT2D eigenvalue weighted by Gasteiger charge is -2.37. The first-order valence-electron chi connectivity index (χ1n) is 8.14. The average molecular weight is 277 g/mol. The second-order valence-electron chi connectivity index (χ2n) is 6.45. The van der Waals surface area contributed by atoms with Crippen LogP contribution in [0.2, 0.25) is 0 Å². The summed E-state index contributed by atoms with van der Waals surface area (Å²) in [5.74, 6) is 1.35. The number of rotatable bonds is 5. The summed E-state index contributed by atoms with van der Waals surface area (Å²) in [7, 11) is 0. The Morgan fingerprint density at radius 3 is 2.55 bits per heavy atom. The maximum atomic E-state index is 14.0. The standard InChI is InChI=1S/C18H28FN/c1-4-17(15-10-5-7-11-16(15)19)20-18-12-8-6-9-14(18)13(2)3/h5,7,10-11,13-14,17-18,20H,4,6,8-9,12H2,1-3H3. The molecule has 3 atom stereocenters. The van der Waals surface area contributed by atoms with Crippen LogP contribution >= 0.6 is 0 Å². The van der Waals surface area contributed by atoms with E-state index in [1.54, 1.807) is 12.1 Å². The molecule has 1 N–H and O–H groups in total. The molecule has 0 spiro atoms. The van der Waals surface area contributed by atoms with E-state index in [1.165, 1.54) is 25.7 Å². The highest BCUT2D eigenvalue weighted by molar-refractivity contribution is 5.21. The molecule has 0 radical (unpaired) electrons. The van der Waals surface area contributed by atoms with E-state index in [2.05, 4.69) is 26.1 Å². The molecule has 0 saturated heterocycles. The van der Waals surface area contributed by atoms with Gasteiger partial charge in [-0.3, -0.25) is 0 Å². The highest BCUT2D eigenvalue weighted by atomic mass is 19.1. The molecule has 2 heteroatoms. The Kier molecular flexibility index (Phi) is 5.59. The van der Waals surface area contributed by atoms with Crippen LogP contribution < -0.4 is 5.32 Å². The van der Waals surface area contributed by atoms with E-state index in [9.17, 15) is 4.39 Å². The fourth-order valence-corrected chi connectivity index (χ4v) is 3.61. The number of halogens is 1. The molecule has 0 heterocycles. The van der Waals surface area contributed by atoms with Gasteiger partial charge in [-0.15, -0.1) is 0 Å². The van der Waals surface area contributed by atoms with Crippen molar-refractivity contribution in [1.82, 2.24) is 5.32 Å². The fraction of sp³-hybridized carbons (Fsp3) is 0.667. The van der Waals surface area contributed by atoms with Gasteiger partial charge in [0, 0.05) is 17.6 Å². The zero-order valence-corrected chi connectivity index (χ0v) is 13.0. The normalized spacial score (nSPS) is 24.9. The van der Waals surface area contributed by atoms with Gasteiger partial charge in [0.25, 0.3) is 0 Å². The highest BCUT2D eigenvalue weighted by Gasteiger charge is 2.29. The second-order valence-corrected chi connectivity index (χ2v) is 6.45. The molecule has 0 aromatic heterocycles. The van der Waals surface area contributed by atoms with Crippen LogP contribution in [0.3, 0.4) is 0 Å². The smallest absolute Gasteiger partial charge is 0.127 e. The van der Waals surface area contributed by atoms with Crippen LogP contribution in [-0.4, -0.2) is 6.04 Å². The van der Waals surface area contributed by atoms with Crippen molar-refractivity contribution >= 4 is 0 Å². The van der Waals surface area contributed by atoms with Crippen LogP contribution in [0.1, 0.15) is 64.5 Å². The van der Waals surface area contributed by atoms with Gasteiger partial charge in [-0.05, 0) is 37.2 Å². The zero-order chi connectivity index (χ0) is 14.5. The van der Waals surface area contributed by atoms with E-state index in [0.717, 1.165) is 17.9 Å². The fourth-order valence-electron chi connectivity index (χ4n) is 3.61. The number of benzene rings is 1. The minimum Gasteiger partial charge on any atom is -0.307 e. The Hall–Kier alpha value is -0.890. The summed E-state index contributed by atoms with van der Waals surface area (Å²) in [6.45, 7) is 6.76. The molecule has 1 saturated carbocycles. The van der Waals surface area contributed by atoms with Crippen molar-refractivity contribution < 1.29 is 4.39 Å². The van der Waals surface area contributed by atoms with Gasteiger partial charge >= 0.3 is 0 Å². The first-order valence-corrected chi connectivity index (χ1v) is 8.14. The predicted molar refractivity (Wildman–Crippen MR) is 83.2 cm³/mol. The number of hydrogen-bond donors (Lipinski definition) is 1. The van der Waals surface area contributed by atoms with Crippen molar-refractivity contribution in [3.05, 3.63) is 35.6 Å². The predicted octanol–water partition coefficient (Wildman–Crippen LogP) is 5.08. The van der Waals surface area contributed by atoms with Crippen LogP contribution in [0.15, 0.2) is 24.3 Å². The molecule has 1 nitrogen and oxygen atoms in total. The minimum atomic E-state index is -0.0799. The Morgan fingerprint density at radius 1 is 1.20 bits per heavy atom. The molecule has 3 unspecified atom stereocenters. The van der Waals surface area contributed by atoms with Crippen LogP contribution in [0.4, 0.5) is 4.39 Å². The van der Waals surface area contributed by atoms with E-state index in [4.69, 9.17) is 0 Å². The van der Waals surface area contributed by atoms with Gasteiger partial charge in [-0.25, -0.2) is 4.39 Å². The molecule has 0 amide bonds. The molecule has 2 rings (SSSR count). The van der Waals surface area contributed by atoms with Crippen molar-refractivity contribution in [1.29, 1.82) is 0 Å². The minimum absolute atomic E-state index is 0.0799. The van der Waals surface area contributed by atoms with E-state index >= 15 is 0 Å². The summed E-state index contributed by atoms with van der Waals surface area (Å²) < 4.78 is 14.0. The summed E-state index contributed by atoms with van der Waals surface area (Å²) in [5.41, 5.74) is 0.822. The molecule has 1 aliphatic carbocycles. The quantitative estimate of drug-likeness (QED) is 0.791. The average Bonchev–Trinajstić information content (AvgIpc) is 2.46. The molecule has 20 heavy (non-hydrogen) atoms. The molecular weight excluding hydrogens is 249 g/mol. The molecular formula is C18H28FN. The third kappa shape index (κ3) is 3.60. The van der Waals surface area contributed by atoms with Gasteiger partial charge < -0.3 is 5.32 Å². The SMILES string of the molecule is CCC(NC1CCCCC1C(C)C)c1ccccc1F. The van der Waals surface area contributed by atoms with E-state index in [-0.39, 0.29) is 11.9 Å². The van der Waals surface area contributed by atoms with Crippen molar-refractivity contribution in [3.63, 3.8) is 0 Å². The molecule has 1 fully saturated rings. The van der Waals surface area contributed by atoms with Crippen LogP contribution in [0.25, 0.3) is 0 Å². The number of nitrogens with one attached hydrogen (secondary N) is 1. The largest absolute Gasteiger partial charge is 0.307 e. The monoisotopic (exact) mass is 277 g/mol. The van der Waals surface area contributed by atoms with Gasteiger partial charge in [0.2, 0.25) is 0 Å². The first-order chi connectivity index (χ1) is 9.63. The van der Waals surface area contributed by atoms with Crippen molar-refractivity contribution in [3.8, 4) is 0 Å². The lowest BCUT2D eigenvalue weighted by molar-refractivity contribution is 0.190. The van der Waals surface area contributed by atoms with Gasteiger partial charge in [-0.1, -0.05) is 51.8 Å². The third-order valence-corrected chi connectivity index (χ3v) is 4.78. The van der Waals surface area contributed by atoms with Crippen LogP contribution in [0, 0.1) is 17.7 Å². The Morgan fingerprint density at radius 2 is 1.90 bits per heavy atom. The first kappa shape index (κ1) is 15.5. The molecule has 112 valence electrons. The van der Waals surface area contributed by atoms with E-state index in [0.29, 0.717) is 12.0 Å². The summed E-state index contributed by atoms with van der Waals surface area (Å²) in [4.78, 5) is 0. The van der Waals surface area contributed by atoms with Gasteiger partial charge in [0.05, 0.1) is 0 Å². The van der Waals surface area contributed by atoms with Gasteiger partial charge in [-0.2, -0.15) is 0 Å². The summed E-state index contributed by atoms with van der Waals surface area (Å²) in [6.07, 6.45) is 6.12. The molecule has 1 aromatic rings. The van der Waals surface area contributed by atoms with Crippen LogP contribution in [0.5, 0.6) is 0 Å². The van der Waals surface area contributed by atoms with E-state index < -0.39 is 0 Å². The topological polar surface area (TPSA) is 12.0 Å². The molecule has 0 aliphatic heterocycles. The number of hydrogen-bond acceptors (Lipinski definition) is 1. The lowest BCUT2D eigenvalue weighted by Crippen LogP contribution is -2.42. The van der Waals surface area contributed by atoms with Crippen molar-refractivity contribution in [2.75, 3.05) is 0 Å². The second kappa shape index (κ2) is 7.21. The van der Waals surface area contributed by atoms with Gasteiger partial charge in [0.1, 0.15) is 5.82 Å². The van der Waals surface area contributed by atoms with Gasteiger partial charge in [0.15, 0.2) is 0 Å². The maximum Gasteiger partial charge on any atom is 0.127 e. The molecule has 1 aliphatic rings.